The molecule has 208 valence electrons. The van der Waals surface area contributed by atoms with Crippen molar-refractivity contribution in [1.82, 2.24) is 9.97 Å². The first-order chi connectivity index (χ1) is 21.2. The van der Waals surface area contributed by atoms with Gasteiger partial charge in [0.1, 0.15) is 0 Å². The second kappa shape index (κ2) is 10.8. The molecule has 0 radical (unpaired) electrons. The van der Waals surface area contributed by atoms with Crippen LogP contribution in [0.15, 0.2) is 121 Å². The van der Waals surface area contributed by atoms with Crippen LogP contribution in [0.2, 0.25) is 0 Å². The van der Waals surface area contributed by atoms with E-state index in [0.717, 1.165) is 22.1 Å². The molecular formula is C41H34N2. The molecule has 1 aliphatic rings. The highest BCUT2D eigenvalue weighted by Crippen LogP contribution is 2.40. The molecule has 0 aliphatic heterocycles. The van der Waals surface area contributed by atoms with Crippen molar-refractivity contribution in [2.45, 2.75) is 44.9 Å². The molecule has 0 amide bonds. The molecule has 8 rings (SSSR count). The van der Waals surface area contributed by atoms with Gasteiger partial charge in [0.15, 0.2) is 0 Å². The van der Waals surface area contributed by atoms with E-state index in [-0.39, 0.29) is 0 Å². The van der Waals surface area contributed by atoms with Crippen molar-refractivity contribution < 1.29 is 0 Å². The van der Waals surface area contributed by atoms with E-state index in [1.54, 1.807) is 0 Å². The van der Waals surface area contributed by atoms with Crippen LogP contribution < -0.4 is 0 Å². The fourth-order valence-corrected chi connectivity index (χ4v) is 7.12. The maximum absolute atomic E-state index is 5.35. The predicted octanol–water partition coefficient (Wildman–Crippen LogP) is 11.3. The monoisotopic (exact) mass is 554 g/mol. The molecule has 5 aromatic carbocycles. The van der Waals surface area contributed by atoms with Gasteiger partial charge in [-0.05, 0) is 88.2 Å². The highest BCUT2D eigenvalue weighted by molar-refractivity contribution is 6.11. The third kappa shape index (κ3) is 4.68. The molecule has 0 unspecified atom stereocenters. The average Bonchev–Trinajstić information content (AvgIpc) is 3.08. The summed E-state index contributed by atoms with van der Waals surface area (Å²) in [6.07, 6.45) is 6.43. The Morgan fingerprint density at radius 1 is 0.488 bits per heavy atom. The van der Waals surface area contributed by atoms with Crippen molar-refractivity contribution in [1.29, 1.82) is 0 Å². The number of hydrogen-bond acceptors (Lipinski definition) is 2. The van der Waals surface area contributed by atoms with E-state index in [0.29, 0.717) is 5.92 Å². The zero-order valence-electron chi connectivity index (χ0n) is 24.6. The van der Waals surface area contributed by atoms with Crippen LogP contribution in [0.4, 0.5) is 0 Å². The summed E-state index contributed by atoms with van der Waals surface area (Å²) in [6, 6.07) is 44.2. The van der Waals surface area contributed by atoms with Crippen molar-refractivity contribution in [2.24, 2.45) is 0 Å². The summed E-state index contributed by atoms with van der Waals surface area (Å²) in [5.74, 6) is 0.553. The van der Waals surface area contributed by atoms with Gasteiger partial charge in [0.25, 0.3) is 0 Å². The lowest BCUT2D eigenvalue weighted by Crippen LogP contribution is -2.06. The van der Waals surface area contributed by atoms with Gasteiger partial charge >= 0.3 is 0 Å². The van der Waals surface area contributed by atoms with Gasteiger partial charge in [-0.15, -0.1) is 0 Å². The summed E-state index contributed by atoms with van der Waals surface area (Å²) in [7, 11) is 0. The smallest absolute Gasteiger partial charge is 0.0974 e. The molecule has 0 N–H and O–H groups in total. The highest BCUT2D eigenvalue weighted by Gasteiger charge is 2.19. The van der Waals surface area contributed by atoms with Crippen molar-refractivity contribution >= 4 is 32.6 Å². The van der Waals surface area contributed by atoms with Crippen LogP contribution >= 0.6 is 0 Å². The number of aryl methyl sites for hydroxylation is 1. The summed E-state index contributed by atoms with van der Waals surface area (Å²) < 4.78 is 0. The zero-order chi connectivity index (χ0) is 28.8. The Morgan fingerprint density at radius 2 is 1.16 bits per heavy atom. The van der Waals surface area contributed by atoms with E-state index in [4.69, 9.17) is 9.97 Å². The molecule has 7 aromatic rings. The molecule has 1 saturated carbocycles. The Kier molecular flexibility index (Phi) is 6.48. The number of hydrogen-bond donors (Lipinski definition) is 0. The van der Waals surface area contributed by atoms with E-state index >= 15 is 0 Å². The molecule has 2 heterocycles. The second-order valence-corrected chi connectivity index (χ2v) is 12.1. The lowest BCUT2D eigenvalue weighted by Gasteiger charge is -2.22. The first-order valence-corrected chi connectivity index (χ1v) is 15.6. The van der Waals surface area contributed by atoms with Gasteiger partial charge in [0, 0.05) is 28.1 Å². The van der Waals surface area contributed by atoms with Crippen molar-refractivity contribution in [3.8, 4) is 33.4 Å². The number of benzene rings is 5. The lowest BCUT2D eigenvalue weighted by molar-refractivity contribution is 0.437. The van der Waals surface area contributed by atoms with Crippen molar-refractivity contribution in [2.75, 3.05) is 0 Å². The molecule has 0 bridgehead atoms. The minimum absolute atomic E-state index is 0.553. The Hall–Kier alpha value is -4.82. The number of nitrogens with zero attached hydrogens (tertiary/aromatic N) is 2. The van der Waals surface area contributed by atoms with Gasteiger partial charge in [0.05, 0.1) is 11.0 Å². The highest BCUT2D eigenvalue weighted by atomic mass is 14.8. The van der Waals surface area contributed by atoms with Crippen molar-refractivity contribution in [3.05, 3.63) is 133 Å². The number of aromatic nitrogens is 2. The summed E-state index contributed by atoms with van der Waals surface area (Å²) in [5, 5.41) is 4.85. The summed E-state index contributed by atoms with van der Waals surface area (Å²) >= 11 is 0. The molecule has 2 heteroatoms. The van der Waals surface area contributed by atoms with Gasteiger partial charge in [0.2, 0.25) is 0 Å². The Morgan fingerprint density at radius 3 is 1.93 bits per heavy atom. The largest absolute Gasteiger partial charge is 0.251 e. The molecule has 1 fully saturated rings. The van der Waals surface area contributed by atoms with E-state index in [1.807, 2.05) is 0 Å². The fourth-order valence-electron chi connectivity index (χ4n) is 7.12. The quantitative estimate of drug-likeness (QED) is 0.202. The van der Waals surface area contributed by atoms with E-state index < -0.39 is 0 Å². The third-order valence-electron chi connectivity index (χ3n) is 9.31. The maximum Gasteiger partial charge on any atom is 0.0974 e. The van der Waals surface area contributed by atoms with Crippen LogP contribution in [-0.4, -0.2) is 9.97 Å². The minimum atomic E-state index is 0.553. The summed E-state index contributed by atoms with van der Waals surface area (Å²) in [4.78, 5) is 10.3. The second-order valence-electron chi connectivity index (χ2n) is 12.1. The van der Waals surface area contributed by atoms with E-state index in [1.165, 1.54) is 87.3 Å². The number of fused-ring (bicyclic) bond motifs is 4. The van der Waals surface area contributed by atoms with Crippen LogP contribution in [0.3, 0.4) is 0 Å². The SMILES string of the molecule is Cc1ccc2cc(-c3cccc(-c4ccc(-c5ccccc5)c5ccccc45)c3)c3ccc(C4CCCCC4)nc3c2n1. The van der Waals surface area contributed by atoms with Crippen LogP contribution in [0.25, 0.3) is 66.0 Å². The first-order valence-electron chi connectivity index (χ1n) is 15.6. The standard InChI is InChI=1S/C41H34N2/c1-27-19-20-32-26-38(37-23-24-39(29-13-6-3-7-14-29)43-41(37)40(32)42-27)31-16-10-15-30(25-31)34-22-21-33(28-11-4-2-5-12-28)35-17-8-9-18-36(34)35/h2,4-5,8-12,15-26,29H,3,6-7,13-14H2,1H3. The topological polar surface area (TPSA) is 25.8 Å². The Labute approximate surface area is 253 Å². The molecule has 2 nitrogen and oxygen atoms in total. The molecule has 0 atom stereocenters. The Bertz CT molecular complexity index is 2120. The van der Waals surface area contributed by atoms with Crippen LogP contribution in [0, 0.1) is 6.92 Å². The normalized spacial score (nSPS) is 14.1. The predicted molar refractivity (Wildman–Crippen MR) is 181 cm³/mol. The maximum atomic E-state index is 5.35. The van der Waals surface area contributed by atoms with Crippen LogP contribution in [0.1, 0.15) is 49.4 Å². The molecule has 1 aliphatic carbocycles. The molecule has 43 heavy (non-hydrogen) atoms. The van der Waals surface area contributed by atoms with Crippen molar-refractivity contribution in [3.63, 3.8) is 0 Å². The zero-order valence-corrected chi connectivity index (χ0v) is 24.6. The van der Waals surface area contributed by atoms with Crippen LogP contribution in [0.5, 0.6) is 0 Å². The number of rotatable bonds is 4. The van der Waals surface area contributed by atoms with Gasteiger partial charge in [-0.1, -0.05) is 116 Å². The van der Waals surface area contributed by atoms with Gasteiger partial charge in [-0.2, -0.15) is 0 Å². The summed E-state index contributed by atoms with van der Waals surface area (Å²) in [5.41, 5.74) is 11.7. The first kappa shape index (κ1) is 25.9. The number of pyridine rings is 2. The van der Waals surface area contributed by atoms with E-state index in [9.17, 15) is 0 Å². The fraction of sp³-hybridized carbons (Fsp3) is 0.171. The summed E-state index contributed by atoms with van der Waals surface area (Å²) in [6.45, 7) is 2.07. The molecule has 2 aromatic heterocycles. The Balaban J connectivity index is 1.30. The molecular weight excluding hydrogens is 520 g/mol. The van der Waals surface area contributed by atoms with Gasteiger partial charge in [-0.25, -0.2) is 0 Å². The average molecular weight is 555 g/mol. The van der Waals surface area contributed by atoms with E-state index in [2.05, 4.69) is 128 Å². The third-order valence-corrected chi connectivity index (χ3v) is 9.31. The van der Waals surface area contributed by atoms with Gasteiger partial charge in [-0.3, -0.25) is 9.97 Å². The van der Waals surface area contributed by atoms with Crippen LogP contribution in [-0.2, 0) is 0 Å². The molecule has 0 saturated heterocycles. The lowest BCUT2D eigenvalue weighted by atomic mass is 9.86. The minimum Gasteiger partial charge on any atom is -0.251 e. The molecule has 0 spiro atoms. The van der Waals surface area contributed by atoms with Gasteiger partial charge < -0.3 is 0 Å².